The molecule has 2 aromatic rings. The molecule has 0 aliphatic rings. The van der Waals surface area contributed by atoms with Crippen molar-refractivity contribution in [1.82, 2.24) is 10.0 Å². The fraction of sp³-hybridized carbons (Fsp3) is 0.333. The van der Waals surface area contributed by atoms with Crippen LogP contribution in [0.1, 0.15) is 17.5 Å². The number of nitrogens with one attached hydrogen (secondary N) is 2. The lowest BCUT2D eigenvalue weighted by molar-refractivity contribution is -0.124. The second-order valence-electron chi connectivity index (χ2n) is 6.66. The van der Waals surface area contributed by atoms with Gasteiger partial charge in [-0.15, -0.1) is 0 Å². The minimum absolute atomic E-state index is 0.148. The summed E-state index contributed by atoms with van der Waals surface area (Å²) >= 11 is 0. The molecule has 0 aliphatic heterocycles. The molecule has 0 bridgehead atoms. The van der Waals surface area contributed by atoms with E-state index in [1.165, 1.54) is 0 Å². The van der Waals surface area contributed by atoms with E-state index in [0.29, 0.717) is 12.8 Å². The van der Waals surface area contributed by atoms with Crippen molar-refractivity contribution in [3.63, 3.8) is 0 Å². The monoisotopic (exact) mass is 415 g/mol. The highest BCUT2D eigenvalue weighted by Crippen LogP contribution is 2.06. The number of rotatable bonds is 11. The Morgan fingerprint density at radius 2 is 1.66 bits per heavy atom. The smallest absolute Gasteiger partial charge is 0.241 e. The molecule has 1 amide bonds. The first-order valence-corrected chi connectivity index (χ1v) is 11.1. The largest absolute Gasteiger partial charge is 0.375 e. The SMILES string of the molecule is CS(=O)(=O)N[C@@H](COCc1ccccc1)C(=O)N[C@H](C#N)CCc1ccccc1. The van der Waals surface area contributed by atoms with Gasteiger partial charge in [-0.05, 0) is 24.0 Å². The molecular weight excluding hydrogens is 390 g/mol. The van der Waals surface area contributed by atoms with Crippen LogP contribution >= 0.6 is 0 Å². The van der Waals surface area contributed by atoms with Crippen LogP contribution in [0.3, 0.4) is 0 Å². The summed E-state index contributed by atoms with van der Waals surface area (Å²) in [6.07, 6.45) is 2.01. The molecule has 2 aromatic carbocycles. The molecule has 2 rings (SSSR count). The van der Waals surface area contributed by atoms with E-state index in [1.54, 1.807) is 0 Å². The highest BCUT2D eigenvalue weighted by molar-refractivity contribution is 7.88. The predicted octanol–water partition coefficient (Wildman–Crippen LogP) is 1.76. The molecule has 0 saturated heterocycles. The molecule has 0 heterocycles. The van der Waals surface area contributed by atoms with Gasteiger partial charge in [-0.25, -0.2) is 13.1 Å². The molecule has 0 radical (unpaired) electrons. The number of carbonyl (C=O) groups is 1. The molecular formula is C21H25N3O4S. The number of nitriles is 1. The van der Waals surface area contributed by atoms with Crippen LogP contribution in [-0.4, -0.2) is 39.3 Å². The van der Waals surface area contributed by atoms with Crippen molar-refractivity contribution in [2.24, 2.45) is 0 Å². The van der Waals surface area contributed by atoms with E-state index in [2.05, 4.69) is 16.1 Å². The summed E-state index contributed by atoms with van der Waals surface area (Å²) in [7, 11) is -3.63. The van der Waals surface area contributed by atoms with Crippen molar-refractivity contribution >= 4 is 15.9 Å². The number of sulfonamides is 1. The van der Waals surface area contributed by atoms with Gasteiger partial charge in [0, 0.05) is 0 Å². The number of ether oxygens (including phenoxy) is 1. The summed E-state index contributed by atoms with van der Waals surface area (Å²) in [6.45, 7) is 0.0936. The van der Waals surface area contributed by atoms with Gasteiger partial charge in [0.25, 0.3) is 0 Å². The van der Waals surface area contributed by atoms with Crippen LogP contribution in [0.15, 0.2) is 60.7 Å². The number of hydrogen-bond acceptors (Lipinski definition) is 5. The molecule has 0 aliphatic carbocycles. The number of hydrogen-bond donors (Lipinski definition) is 2. The summed E-state index contributed by atoms with van der Waals surface area (Å²) < 4.78 is 31.1. The van der Waals surface area contributed by atoms with Crippen LogP contribution in [0.4, 0.5) is 0 Å². The van der Waals surface area contributed by atoms with E-state index < -0.39 is 28.0 Å². The van der Waals surface area contributed by atoms with Crippen LogP contribution < -0.4 is 10.0 Å². The molecule has 0 fully saturated rings. The Bertz CT molecular complexity index is 912. The lowest BCUT2D eigenvalue weighted by atomic mass is 10.1. The Hall–Kier alpha value is -2.73. The van der Waals surface area contributed by atoms with E-state index in [0.717, 1.165) is 17.4 Å². The average Bonchev–Trinajstić information content (AvgIpc) is 2.71. The minimum Gasteiger partial charge on any atom is -0.375 e. The molecule has 0 saturated carbocycles. The van der Waals surface area contributed by atoms with Crippen LogP contribution in [0.2, 0.25) is 0 Å². The van der Waals surface area contributed by atoms with Crippen molar-refractivity contribution in [2.75, 3.05) is 12.9 Å². The lowest BCUT2D eigenvalue weighted by Crippen LogP contribution is -2.51. The normalized spacial score (nSPS) is 13.2. The summed E-state index contributed by atoms with van der Waals surface area (Å²) in [5.41, 5.74) is 1.96. The first-order chi connectivity index (χ1) is 13.9. The number of carbonyl (C=O) groups excluding carboxylic acids is 1. The lowest BCUT2D eigenvalue weighted by Gasteiger charge is -2.19. The Balaban J connectivity index is 1.93. The van der Waals surface area contributed by atoms with E-state index in [-0.39, 0.29) is 13.2 Å². The standard InChI is InChI=1S/C21H25N3O4S/c1-29(26,27)24-20(16-28-15-18-10-6-3-7-11-18)21(25)23-19(14-22)13-12-17-8-4-2-5-9-17/h2-11,19-20,24H,12-13,15-16H2,1H3,(H,23,25)/t19-,20-/m0/s1. The van der Waals surface area contributed by atoms with Gasteiger partial charge >= 0.3 is 0 Å². The summed E-state index contributed by atoms with van der Waals surface area (Å²) in [4.78, 5) is 12.6. The quantitative estimate of drug-likeness (QED) is 0.581. The van der Waals surface area contributed by atoms with Crippen LogP contribution in [0.5, 0.6) is 0 Å². The highest BCUT2D eigenvalue weighted by atomic mass is 32.2. The molecule has 0 spiro atoms. The Morgan fingerprint density at radius 3 is 2.21 bits per heavy atom. The van der Waals surface area contributed by atoms with Gasteiger partial charge < -0.3 is 10.1 Å². The van der Waals surface area contributed by atoms with E-state index in [4.69, 9.17) is 4.74 Å². The van der Waals surface area contributed by atoms with Gasteiger partial charge in [0.1, 0.15) is 12.1 Å². The molecule has 8 heteroatoms. The predicted molar refractivity (Wildman–Crippen MR) is 110 cm³/mol. The van der Waals surface area contributed by atoms with Gasteiger partial charge in [-0.3, -0.25) is 4.79 Å². The number of nitrogens with zero attached hydrogens (tertiary/aromatic N) is 1. The second kappa shape index (κ2) is 11.3. The van der Waals surface area contributed by atoms with E-state index in [9.17, 15) is 18.5 Å². The maximum Gasteiger partial charge on any atom is 0.241 e. The van der Waals surface area contributed by atoms with Crippen LogP contribution in [0, 0.1) is 11.3 Å². The molecule has 7 nitrogen and oxygen atoms in total. The van der Waals surface area contributed by atoms with Crippen molar-refractivity contribution in [2.45, 2.75) is 31.5 Å². The highest BCUT2D eigenvalue weighted by Gasteiger charge is 2.24. The zero-order valence-corrected chi connectivity index (χ0v) is 17.1. The van der Waals surface area contributed by atoms with Crippen molar-refractivity contribution < 1.29 is 17.9 Å². The Morgan fingerprint density at radius 1 is 1.07 bits per heavy atom. The third-order valence-electron chi connectivity index (χ3n) is 4.11. The Kier molecular flexibility index (Phi) is 8.80. The van der Waals surface area contributed by atoms with Crippen molar-refractivity contribution in [3.05, 3.63) is 71.8 Å². The zero-order valence-electron chi connectivity index (χ0n) is 16.2. The summed E-state index contributed by atoms with van der Waals surface area (Å²) in [6, 6.07) is 19.2. The third kappa shape index (κ3) is 8.87. The first-order valence-electron chi connectivity index (χ1n) is 9.20. The molecule has 29 heavy (non-hydrogen) atoms. The maximum atomic E-state index is 12.6. The minimum atomic E-state index is -3.63. The number of amides is 1. The fourth-order valence-electron chi connectivity index (χ4n) is 2.69. The topological polar surface area (TPSA) is 108 Å². The van der Waals surface area contributed by atoms with Crippen molar-refractivity contribution in [1.29, 1.82) is 5.26 Å². The summed E-state index contributed by atoms with van der Waals surface area (Å²) in [5, 5.41) is 12.0. The zero-order chi connectivity index (χ0) is 21.1. The van der Waals surface area contributed by atoms with Gasteiger partial charge in [0.15, 0.2) is 0 Å². The average molecular weight is 416 g/mol. The van der Waals surface area contributed by atoms with Gasteiger partial charge in [-0.1, -0.05) is 60.7 Å². The fourth-order valence-corrected chi connectivity index (χ4v) is 3.38. The van der Waals surface area contributed by atoms with Gasteiger partial charge in [-0.2, -0.15) is 5.26 Å². The molecule has 2 N–H and O–H groups in total. The van der Waals surface area contributed by atoms with Crippen LogP contribution in [0.25, 0.3) is 0 Å². The molecule has 2 atom stereocenters. The molecule has 0 aromatic heterocycles. The first kappa shape index (κ1) is 22.6. The third-order valence-corrected chi connectivity index (χ3v) is 4.82. The van der Waals surface area contributed by atoms with Gasteiger partial charge in [0.2, 0.25) is 15.9 Å². The van der Waals surface area contributed by atoms with Crippen molar-refractivity contribution in [3.8, 4) is 6.07 Å². The Labute approximate surface area is 171 Å². The number of benzene rings is 2. The maximum absolute atomic E-state index is 12.6. The number of aryl methyl sites for hydroxylation is 1. The van der Waals surface area contributed by atoms with E-state index in [1.807, 2.05) is 60.7 Å². The molecule has 154 valence electrons. The molecule has 0 unspecified atom stereocenters. The van der Waals surface area contributed by atoms with E-state index >= 15 is 0 Å². The van der Waals surface area contributed by atoms with Crippen LogP contribution in [-0.2, 0) is 32.6 Å². The van der Waals surface area contributed by atoms with Gasteiger partial charge in [0.05, 0.1) is 25.5 Å². The second-order valence-corrected chi connectivity index (χ2v) is 8.44. The summed E-state index contributed by atoms with van der Waals surface area (Å²) in [5.74, 6) is -0.594.